The molecule has 4 rings (SSSR count). The Balaban J connectivity index is 1.46. The van der Waals surface area contributed by atoms with Crippen LogP contribution >= 0.6 is 11.3 Å². The summed E-state index contributed by atoms with van der Waals surface area (Å²) in [6, 6.07) is 5.82. The summed E-state index contributed by atoms with van der Waals surface area (Å²) in [5.74, 6) is 0.603. The molecule has 0 radical (unpaired) electrons. The molecular weight excluding hydrogens is 296 g/mol. The number of carbonyl (C=O) groups excluding carboxylic acids is 1. The summed E-state index contributed by atoms with van der Waals surface area (Å²) >= 11 is 1.60. The third-order valence-electron chi connectivity index (χ3n) is 4.16. The minimum Gasteiger partial charge on any atom is -0.345 e. The Kier molecular flexibility index (Phi) is 3.38. The first-order chi connectivity index (χ1) is 10.8. The number of imidazole rings is 1. The van der Waals surface area contributed by atoms with Gasteiger partial charge in [-0.1, -0.05) is 18.6 Å². The van der Waals surface area contributed by atoms with E-state index in [1.54, 1.807) is 17.7 Å². The summed E-state index contributed by atoms with van der Waals surface area (Å²) in [5, 5.41) is 3.60. The molecule has 0 spiro atoms. The van der Waals surface area contributed by atoms with Crippen molar-refractivity contribution < 1.29 is 4.79 Å². The Labute approximate surface area is 131 Å². The van der Waals surface area contributed by atoms with Gasteiger partial charge in [0.25, 0.3) is 0 Å². The maximum Gasteiger partial charge on any atom is 0.230 e. The number of benzene rings is 1. The highest BCUT2D eigenvalue weighted by molar-refractivity contribution is 7.15. The number of rotatable bonds is 4. The lowest BCUT2D eigenvalue weighted by Crippen LogP contribution is -2.14. The maximum atomic E-state index is 12.2. The van der Waals surface area contributed by atoms with Gasteiger partial charge in [-0.25, -0.2) is 9.97 Å². The van der Waals surface area contributed by atoms with Crippen molar-refractivity contribution in [1.82, 2.24) is 15.0 Å². The van der Waals surface area contributed by atoms with E-state index in [-0.39, 0.29) is 5.91 Å². The zero-order valence-corrected chi connectivity index (χ0v) is 12.8. The average Bonchev–Trinajstić information content (AvgIpc) is 3.06. The first kappa shape index (κ1) is 13.5. The van der Waals surface area contributed by atoms with Gasteiger partial charge in [0.05, 0.1) is 23.8 Å². The van der Waals surface area contributed by atoms with Crippen LogP contribution in [0.15, 0.2) is 30.7 Å². The van der Waals surface area contributed by atoms with Crippen LogP contribution in [0.3, 0.4) is 0 Å². The smallest absolute Gasteiger partial charge is 0.230 e. The van der Waals surface area contributed by atoms with Gasteiger partial charge in [0.2, 0.25) is 5.91 Å². The van der Waals surface area contributed by atoms with Crippen LogP contribution in [0, 0.1) is 0 Å². The largest absolute Gasteiger partial charge is 0.345 e. The highest BCUT2D eigenvalue weighted by Gasteiger charge is 2.22. The second kappa shape index (κ2) is 5.53. The standard InChI is InChI=1S/C16H16N4OS/c21-14(7-11-5-2-6-12-15(11)19-9-18-12)20-16-17-8-13(22-16)10-3-1-4-10/h2,5-6,8-10H,1,3-4,7H2,(H,18,19)(H,17,20,21). The van der Waals surface area contributed by atoms with Crippen LogP contribution in [0.1, 0.15) is 35.6 Å². The third kappa shape index (κ3) is 2.50. The predicted octanol–water partition coefficient (Wildman–Crippen LogP) is 3.47. The molecule has 112 valence electrons. The molecular formula is C16H16N4OS. The van der Waals surface area contributed by atoms with Crippen LogP contribution in [0.2, 0.25) is 0 Å². The van der Waals surface area contributed by atoms with Crippen LogP contribution in [0.25, 0.3) is 11.0 Å². The van der Waals surface area contributed by atoms with Crippen LogP contribution in [0.5, 0.6) is 0 Å². The van der Waals surface area contributed by atoms with Gasteiger partial charge < -0.3 is 10.3 Å². The monoisotopic (exact) mass is 312 g/mol. The fourth-order valence-electron chi connectivity index (χ4n) is 2.73. The van der Waals surface area contributed by atoms with Crippen molar-refractivity contribution >= 4 is 33.4 Å². The predicted molar refractivity (Wildman–Crippen MR) is 87.1 cm³/mol. The molecule has 1 aliphatic carbocycles. The van der Waals surface area contributed by atoms with Crippen molar-refractivity contribution in [2.24, 2.45) is 0 Å². The molecule has 1 aliphatic rings. The van der Waals surface area contributed by atoms with E-state index in [4.69, 9.17) is 0 Å². The lowest BCUT2D eigenvalue weighted by molar-refractivity contribution is -0.115. The van der Waals surface area contributed by atoms with Crippen molar-refractivity contribution in [1.29, 1.82) is 0 Å². The van der Waals surface area contributed by atoms with E-state index < -0.39 is 0 Å². The number of amides is 1. The number of H-pyrrole nitrogens is 1. The van der Waals surface area contributed by atoms with Gasteiger partial charge in [-0.15, -0.1) is 11.3 Å². The number of thiazole rings is 1. The maximum absolute atomic E-state index is 12.2. The van der Waals surface area contributed by atoms with Crippen molar-refractivity contribution in [3.8, 4) is 0 Å². The molecule has 0 atom stereocenters. The van der Waals surface area contributed by atoms with Gasteiger partial charge in [-0.2, -0.15) is 0 Å². The van der Waals surface area contributed by atoms with E-state index in [0.29, 0.717) is 17.5 Å². The number of fused-ring (bicyclic) bond motifs is 1. The highest BCUT2D eigenvalue weighted by atomic mass is 32.1. The summed E-state index contributed by atoms with van der Waals surface area (Å²) in [6.45, 7) is 0. The SMILES string of the molecule is O=C(Cc1cccc2[nH]cnc12)Nc1ncc(C2CCC2)s1. The van der Waals surface area contributed by atoms with E-state index in [1.807, 2.05) is 24.4 Å². The van der Waals surface area contributed by atoms with Gasteiger partial charge in [-0.3, -0.25) is 4.79 Å². The molecule has 1 amide bonds. The van der Waals surface area contributed by atoms with Crippen molar-refractivity contribution in [2.75, 3.05) is 5.32 Å². The summed E-state index contributed by atoms with van der Waals surface area (Å²) in [6.07, 6.45) is 7.66. The Morgan fingerprint density at radius 1 is 1.36 bits per heavy atom. The number of hydrogen-bond acceptors (Lipinski definition) is 4. The fourth-order valence-corrected chi connectivity index (χ4v) is 3.73. The number of nitrogens with zero attached hydrogens (tertiary/aromatic N) is 2. The quantitative estimate of drug-likeness (QED) is 0.775. The first-order valence-corrected chi connectivity index (χ1v) is 8.28. The fraction of sp³-hybridized carbons (Fsp3) is 0.312. The van der Waals surface area contributed by atoms with E-state index in [9.17, 15) is 4.79 Å². The number of carbonyl (C=O) groups is 1. The van der Waals surface area contributed by atoms with Crippen molar-refractivity contribution in [3.05, 3.63) is 41.2 Å². The lowest BCUT2D eigenvalue weighted by atomic mass is 9.85. The van der Waals surface area contributed by atoms with Crippen LogP contribution in [-0.2, 0) is 11.2 Å². The molecule has 0 aliphatic heterocycles. The number of aromatic amines is 1. The molecule has 22 heavy (non-hydrogen) atoms. The number of para-hydroxylation sites is 1. The summed E-state index contributed by atoms with van der Waals surface area (Å²) in [5.41, 5.74) is 2.73. The van der Waals surface area contributed by atoms with Crippen molar-refractivity contribution in [2.45, 2.75) is 31.6 Å². The average molecular weight is 312 g/mol. The minimum atomic E-state index is -0.0509. The molecule has 0 saturated heterocycles. The molecule has 2 heterocycles. The molecule has 6 heteroatoms. The van der Waals surface area contributed by atoms with Gasteiger partial charge in [0.15, 0.2) is 5.13 Å². The Morgan fingerprint density at radius 2 is 2.27 bits per heavy atom. The Hall–Kier alpha value is -2.21. The van der Waals surface area contributed by atoms with E-state index in [2.05, 4.69) is 20.3 Å². The minimum absolute atomic E-state index is 0.0509. The lowest BCUT2D eigenvalue weighted by Gasteiger charge is -2.23. The van der Waals surface area contributed by atoms with Gasteiger partial charge in [-0.05, 0) is 30.4 Å². The van der Waals surface area contributed by atoms with E-state index in [0.717, 1.165) is 16.6 Å². The summed E-state index contributed by atoms with van der Waals surface area (Å²) in [4.78, 5) is 25.2. The molecule has 5 nitrogen and oxygen atoms in total. The molecule has 0 bridgehead atoms. The van der Waals surface area contributed by atoms with Gasteiger partial charge in [0, 0.05) is 11.1 Å². The molecule has 0 unspecified atom stereocenters. The molecule has 1 aromatic carbocycles. The Bertz CT molecular complexity index is 818. The van der Waals surface area contributed by atoms with Gasteiger partial charge >= 0.3 is 0 Å². The van der Waals surface area contributed by atoms with Gasteiger partial charge in [0.1, 0.15) is 0 Å². The highest BCUT2D eigenvalue weighted by Crippen LogP contribution is 2.39. The van der Waals surface area contributed by atoms with E-state index >= 15 is 0 Å². The molecule has 1 fully saturated rings. The third-order valence-corrected chi connectivity index (χ3v) is 5.24. The second-order valence-electron chi connectivity index (χ2n) is 5.64. The van der Waals surface area contributed by atoms with Crippen molar-refractivity contribution in [3.63, 3.8) is 0 Å². The number of aromatic nitrogens is 3. The zero-order valence-electron chi connectivity index (χ0n) is 12.0. The molecule has 1 saturated carbocycles. The number of anilines is 1. The molecule has 2 aromatic heterocycles. The summed E-state index contributed by atoms with van der Waals surface area (Å²) in [7, 11) is 0. The number of nitrogens with one attached hydrogen (secondary N) is 2. The Morgan fingerprint density at radius 3 is 3.09 bits per heavy atom. The van der Waals surface area contributed by atoms with Crippen LogP contribution in [0.4, 0.5) is 5.13 Å². The first-order valence-electron chi connectivity index (χ1n) is 7.46. The second-order valence-corrected chi connectivity index (χ2v) is 6.70. The normalized spacial score (nSPS) is 14.9. The molecule has 2 N–H and O–H groups in total. The van der Waals surface area contributed by atoms with Crippen LogP contribution in [-0.4, -0.2) is 20.9 Å². The van der Waals surface area contributed by atoms with Crippen LogP contribution < -0.4 is 5.32 Å². The zero-order chi connectivity index (χ0) is 14.9. The molecule has 3 aromatic rings. The topological polar surface area (TPSA) is 70.7 Å². The summed E-state index contributed by atoms with van der Waals surface area (Å²) < 4.78 is 0. The van der Waals surface area contributed by atoms with E-state index in [1.165, 1.54) is 24.1 Å². The number of hydrogen-bond donors (Lipinski definition) is 2.